The normalized spacial score (nSPS) is 13.7. The molecule has 0 aliphatic carbocycles. The van der Waals surface area contributed by atoms with E-state index < -0.39 is 11.7 Å². The molecule has 0 saturated heterocycles. The fraction of sp³-hybridized carbons (Fsp3) is 0.350. The van der Waals surface area contributed by atoms with Gasteiger partial charge in [0.25, 0.3) is 11.9 Å². The number of amides is 2. The Morgan fingerprint density at radius 2 is 1.93 bits per heavy atom. The number of ether oxygens (including phenoxy) is 1. The van der Waals surface area contributed by atoms with Gasteiger partial charge in [0.2, 0.25) is 0 Å². The van der Waals surface area contributed by atoms with Gasteiger partial charge in [-0.25, -0.2) is 9.69 Å². The van der Waals surface area contributed by atoms with Gasteiger partial charge in [0.15, 0.2) is 5.65 Å². The van der Waals surface area contributed by atoms with Crippen molar-refractivity contribution >= 4 is 23.6 Å². The summed E-state index contributed by atoms with van der Waals surface area (Å²) >= 11 is 0. The van der Waals surface area contributed by atoms with Gasteiger partial charge in [0.05, 0.1) is 5.69 Å². The van der Waals surface area contributed by atoms with Crippen molar-refractivity contribution in [3.63, 3.8) is 0 Å². The lowest BCUT2D eigenvalue weighted by Crippen LogP contribution is -2.35. The number of aromatic nitrogens is 4. The summed E-state index contributed by atoms with van der Waals surface area (Å²) in [4.78, 5) is 27.5. The van der Waals surface area contributed by atoms with Crippen molar-refractivity contribution in [2.24, 2.45) is 0 Å². The van der Waals surface area contributed by atoms with E-state index in [-0.39, 0.29) is 11.9 Å². The molecule has 1 aliphatic heterocycles. The number of nitrogens with zero attached hydrogens (tertiary/aromatic N) is 6. The summed E-state index contributed by atoms with van der Waals surface area (Å²) in [6, 6.07) is 9.27. The maximum atomic E-state index is 12.4. The minimum Gasteiger partial charge on any atom is -0.443 e. The molecular formula is C20H22N6O3. The van der Waals surface area contributed by atoms with Crippen molar-refractivity contribution in [2.75, 3.05) is 19.0 Å². The van der Waals surface area contributed by atoms with E-state index in [0.717, 1.165) is 11.1 Å². The molecule has 150 valence electrons. The summed E-state index contributed by atoms with van der Waals surface area (Å²) < 4.78 is 6.90. The molecule has 0 radical (unpaired) electrons. The Bertz CT molecular complexity index is 1130. The Kier molecular flexibility index (Phi) is 4.25. The molecule has 0 unspecified atom stereocenters. The molecule has 0 saturated carbocycles. The van der Waals surface area contributed by atoms with E-state index in [4.69, 9.17) is 4.74 Å². The van der Waals surface area contributed by atoms with Crippen molar-refractivity contribution in [3.05, 3.63) is 41.5 Å². The Balaban J connectivity index is 1.70. The third kappa shape index (κ3) is 3.39. The largest absolute Gasteiger partial charge is 0.443 e. The highest BCUT2D eigenvalue weighted by Crippen LogP contribution is 2.27. The second-order valence-corrected chi connectivity index (χ2v) is 8.06. The van der Waals surface area contributed by atoms with Crippen LogP contribution in [-0.2, 0) is 11.3 Å². The fourth-order valence-corrected chi connectivity index (χ4v) is 3.18. The Morgan fingerprint density at radius 1 is 1.17 bits per heavy atom. The third-order valence-electron chi connectivity index (χ3n) is 4.60. The van der Waals surface area contributed by atoms with Crippen molar-refractivity contribution in [3.8, 4) is 11.3 Å². The highest BCUT2D eigenvalue weighted by atomic mass is 16.6. The van der Waals surface area contributed by atoms with E-state index in [0.29, 0.717) is 23.4 Å². The molecule has 9 nitrogen and oxygen atoms in total. The standard InChI is InChI=1S/C20H22N6O3/c1-20(2,3)29-19(28)25(5)18-22-21-16-9-8-15(23-26(16)18)12-6-7-14-13(10-12)11-24(4)17(14)27/h6-10H,11H2,1-5H3. The van der Waals surface area contributed by atoms with Gasteiger partial charge >= 0.3 is 6.09 Å². The van der Waals surface area contributed by atoms with Gasteiger partial charge in [0.1, 0.15) is 5.60 Å². The van der Waals surface area contributed by atoms with Gasteiger partial charge in [-0.15, -0.1) is 10.2 Å². The van der Waals surface area contributed by atoms with Crippen LogP contribution >= 0.6 is 0 Å². The molecule has 0 fully saturated rings. The smallest absolute Gasteiger partial charge is 0.416 e. The second kappa shape index (κ2) is 6.54. The molecule has 29 heavy (non-hydrogen) atoms. The summed E-state index contributed by atoms with van der Waals surface area (Å²) in [5.74, 6) is 0.280. The minimum atomic E-state index is -0.626. The zero-order valence-electron chi connectivity index (χ0n) is 17.0. The average molecular weight is 394 g/mol. The average Bonchev–Trinajstić information content (AvgIpc) is 3.20. The highest BCUT2D eigenvalue weighted by Gasteiger charge is 2.26. The lowest BCUT2D eigenvalue weighted by atomic mass is 10.0. The predicted octanol–water partition coefficient (Wildman–Crippen LogP) is 2.75. The third-order valence-corrected chi connectivity index (χ3v) is 4.60. The lowest BCUT2D eigenvalue weighted by Gasteiger charge is -2.23. The van der Waals surface area contributed by atoms with E-state index in [2.05, 4.69) is 15.3 Å². The van der Waals surface area contributed by atoms with Crippen LogP contribution in [-0.4, -0.2) is 56.4 Å². The first-order valence-electron chi connectivity index (χ1n) is 9.22. The van der Waals surface area contributed by atoms with E-state index in [9.17, 15) is 9.59 Å². The second-order valence-electron chi connectivity index (χ2n) is 8.06. The van der Waals surface area contributed by atoms with Crippen LogP contribution in [0.5, 0.6) is 0 Å². The van der Waals surface area contributed by atoms with Crippen molar-refractivity contribution < 1.29 is 14.3 Å². The number of hydrogen-bond donors (Lipinski definition) is 0. The van der Waals surface area contributed by atoms with Gasteiger partial charge in [-0.05, 0) is 50.6 Å². The van der Waals surface area contributed by atoms with E-state index >= 15 is 0 Å². The molecular weight excluding hydrogens is 372 g/mol. The van der Waals surface area contributed by atoms with E-state index in [1.54, 1.807) is 45.8 Å². The van der Waals surface area contributed by atoms with Crippen LogP contribution in [0.4, 0.5) is 10.7 Å². The van der Waals surface area contributed by atoms with Crippen molar-refractivity contribution in [2.45, 2.75) is 32.9 Å². The fourth-order valence-electron chi connectivity index (χ4n) is 3.18. The number of anilines is 1. The molecule has 1 aliphatic rings. The number of benzene rings is 1. The number of carbonyl (C=O) groups excluding carboxylic acids is 2. The Labute approximate surface area is 167 Å². The summed E-state index contributed by atoms with van der Waals surface area (Å²) in [6.45, 7) is 5.97. The molecule has 3 heterocycles. The molecule has 0 atom stereocenters. The first-order valence-corrected chi connectivity index (χ1v) is 9.22. The summed E-state index contributed by atoms with van der Waals surface area (Å²) in [5.41, 5.74) is 3.11. The van der Waals surface area contributed by atoms with Crippen LogP contribution in [0.15, 0.2) is 30.3 Å². The topological polar surface area (TPSA) is 92.9 Å². The SMILES string of the molecule is CN1Cc2cc(-c3ccc4nnc(N(C)C(=O)OC(C)(C)C)n4n3)ccc2C1=O. The molecule has 9 heteroatoms. The zero-order chi connectivity index (χ0) is 20.9. The van der Waals surface area contributed by atoms with Crippen LogP contribution in [0.1, 0.15) is 36.7 Å². The van der Waals surface area contributed by atoms with Crippen molar-refractivity contribution in [1.29, 1.82) is 0 Å². The molecule has 1 aromatic carbocycles. The maximum absolute atomic E-state index is 12.4. The van der Waals surface area contributed by atoms with Crippen LogP contribution in [0.2, 0.25) is 0 Å². The molecule has 0 spiro atoms. The predicted molar refractivity (Wildman–Crippen MR) is 107 cm³/mol. The highest BCUT2D eigenvalue weighted by molar-refractivity contribution is 5.98. The lowest BCUT2D eigenvalue weighted by molar-refractivity contribution is 0.0586. The van der Waals surface area contributed by atoms with Crippen LogP contribution in [0, 0.1) is 0 Å². The van der Waals surface area contributed by atoms with Gasteiger partial charge < -0.3 is 9.64 Å². The molecule has 2 aromatic heterocycles. The Hall–Kier alpha value is -3.49. The van der Waals surface area contributed by atoms with Crippen LogP contribution in [0.25, 0.3) is 16.9 Å². The van der Waals surface area contributed by atoms with Gasteiger partial charge in [-0.1, -0.05) is 6.07 Å². The number of fused-ring (bicyclic) bond motifs is 2. The van der Waals surface area contributed by atoms with Gasteiger partial charge in [-0.2, -0.15) is 9.61 Å². The van der Waals surface area contributed by atoms with Gasteiger partial charge in [-0.3, -0.25) is 4.79 Å². The number of rotatable bonds is 2. The Morgan fingerprint density at radius 3 is 2.66 bits per heavy atom. The van der Waals surface area contributed by atoms with Crippen LogP contribution < -0.4 is 4.90 Å². The van der Waals surface area contributed by atoms with Crippen molar-refractivity contribution in [1.82, 2.24) is 24.7 Å². The summed E-state index contributed by atoms with van der Waals surface area (Å²) in [6.07, 6.45) is -0.543. The minimum absolute atomic E-state index is 0.0232. The first kappa shape index (κ1) is 18.9. The molecule has 3 aromatic rings. The zero-order valence-corrected chi connectivity index (χ0v) is 17.0. The molecule has 4 rings (SSSR count). The maximum Gasteiger partial charge on any atom is 0.416 e. The summed E-state index contributed by atoms with van der Waals surface area (Å²) in [5, 5.41) is 12.8. The molecule has 0 N–H and O–H groups in total. The summed E-state index contributed by atoms with van der Waals surface area (Å²) in [7, 11) is 3.35. The quantitative estimate of drug-likeness (QED) is 0.664. The number of hydrogen-bond acceptors (Lipinski definition) is 6. The monoisotopic (exact) mass is 394 g/mol. The van der Waals surface area contributed by atoms with E-state index in [1.165, 1.54) is 9.42 Å². The van der Waals surface area contributed by atoms with Gasteiger partial charge in [0, 0.05) is 31.8 Å². The first-order chi connectivity index (χ1) is 13.6. The van der Waals surface area contributed by atoms with Crippen LogP contribution in [0.3, 0.4) is 0 Å². The molecule has 2 amide bonds. The van der Waals surface area contributed by atoms with E-state index in [1.807, 2.05) is 24.3 Å². The number of carbonyl (C=O) groups is 2. The molecule has 0 bridgehead atoms.